The smallest absolute Gasteiger partial charge is 0.273 e. The van der Waals surface area contributed by atoms with Gasteiger partial charge in [-0.15, -0.1) is 11.3 Å². The van der Waals surface area contributed by atoms with Crippen LogP contribution in [0.1, 0.15) is 21.5 Å². The summed E-state index contributed by atoms with van der Waals surface area (Å²) in [5.41, 5.74) is 4.60. The highest BCUT2D eigenvalue weighted by molar-refractivity contribution is 7.94. The lowest BCUT2D eigenvalue weighted by Crippen LogP contribution is -2.21. The minimum Gasteiger partial charge on any atom is -0.489 e. The van der Waals surface area contributed by atoms with E-state index in [0.717, 1.165) is 28.2 Å². The number of nitrogens with one attached hydrogen (secondary N) is 2. The fourth-order valence-electron chi connectivity index (χ4n) is 3.00. The largest absolute Gasteiger partial charge is 0.489 e. The van der Waals surface area contributed by atoms with Crippen molar-refractivity contribution in [2.24, 2.45) is 5.10 Å². The van der Waals surface area contributed by atoms with Gasteiger partial charge in [0.2, 0.25) is 0 Å². The summed E-state index contributed by atoms with van der Waals surface area (Å²) >= 11 is 1.09. The highest BCUT2D eigenvalue weighted by Gasteiger charge is 2.19. The van der Waals surface area contributed by atoms with Gasteiger partial charge >= 0.3 is 0 Å². The maximum atomic E-state index is 12.6. The maximum Gasteiger partial charge on any atom is 0.273 e. The molecular weight excluding hydrogens is 470 g/mol. The van der Waals surface area contributed by atoms with Crippen LogP contribution in [0.15, 0.2) is 106 Å². The quantitative estimate of drug-likeness (QED) is 0.257. The van der Waals surface area contributed by atoms with E-state index >= 15 is 0 Å². The molecule has 0 atom stereocenters. The van der Waals surface area contributed by atoms with Crippen molar-refractivity contribution in [1.29, 1.82) is 0 Å². The molecule has 7 nitrogen and oxygen atoms in total. The number of anilines is 1. The van der Waals surface area contributed by atoms with Crippen LogP contribution in [0.3, 0.4) is 0 Å². The van der Waals surface area contributed by atoms with Crippen LogP contribution in [0.5, 0.6) is 5.75 Å². The number of hydrogen-bond donors (Lipinski definition) is 2. The minimum absolute atomic E-state index is 0.157. The van der Waals surface area contributed by atoms with Crippen LogP contribution < -0.4 is 14.9 Å². The van der Waals surface area contributed by atoms with E-state index in [0.29, 0.717) is 6.61 Å². The Labute approximate surface area is 201 Å². The van der Waals surface area contributed by atoms with Crippen molar-refractivity contribution in [3.8, 4) is 5.75 Å². The third kappa shape index (κ3) is 6.09. The summed E-state index contributed by atoms with van der Waals surface area (Å²) in [5.74, 6) is 0.181. The number of carbonyl (C=O) groups is 1. The summed E-state index contributed by atoms with van der Waals surface area (Å²) in [6.45, 7) is 0.472. The average molecular weight is 492 g/mol. The average Bonchev–Trinajstić information content (AvgIpc) is 3.41. The van der Waals surface area contributed by atoms with Gasteiger partial charge in [-0.3, -0.25) is 9.52 Å². The first-order valence-electron chi connectivity index (χ1n) is 10.3. The molecule has 0 radical (unpaired) electrons. The maximum absolute atomic E-state index is 12.6. The molecular formula is C25H21N3O4S2. The first-order valence-corrected chi connectivity index (χ1v) is 12.6. The van der Waals surface area contributed by atoms with E-state index in [1.54, 1.807) is 23.6 Å². The molecule has 34 heavy (non-hydrogen) atoms. The number of carbonyl (C=O) groups excluding carboxylic acids is 1. The Balaban J connectivity index is 1.36. The molecule has 0 fully saturated rings. The van der Waals surface area contributed by atoms with Crippen LogP contribution in [0.2, 0.25) is 0 Å². The van der Waals surface area contributed by atoms with Gasteiger partial charge in [0.25, 0.3) is 15.9 Å². The van der Waals surface area contributed by atoms with Gasteiger partial charge in [-0.2, -0.15) is 5.10 Å². The van der Waals surface area contributed by atoms with E-state index < -0.39 is 15.9 Å². The van der Waals surface area contributed by atoms with Gasteiger partial charge in [0.1, 0.15) is 16.6 Å². The molecule has 0 aliphatic rings. The van der Waals surface area contributed by atoms with Crippen molar-refractivity contribution in [3.05, 3.63) is 113 Å². The standard InChI is InChI=1S/C25H21N3O4S2/c29-25(22-9-4-5-10-23(22)28-34(30,31)24-11-6-16-33-24)27-26-17-19-12-14-21(15-13-19)32-18-20-7-2-1-3-8-20/h1-17,28H,18H2,(H,27,29). The predicted molar refractivity (Wildman–Crippen MR) is 134 cm³/mol. The van der Waals surface area contributed by atoms with Gasteiger partial charge in [0, 0.05) is 0 Å². The second-order valence-electron chi connectivity index (χ2n) is 7.13. The van der Waals surface area contributed by atoms with Gasteiger partial charge in [0.05, 0.1) is 17.5 Å². The van der Waals surface area contributed by atoms with Gasteiger partial charge in [-0.05, 0) is 59.0 Å². The molecule has 0 saturated carbocycles. The SMILES string of the molecule is O=C(NN=Cc1ccc(OCc2ccccc2)cc1)c1ccccc1NS(=O)(=O)c1cccs1. The number of rotatable bonds is 9. The van der Waals surface area contributed by atoms with Crippen LogP contribution in [0.4, 0.5) is 5.69 Å². The number of ether oxygens (including phenoxy) is 1. The van der Waals surface area contributed by atoms with Crippen molar-refractivity contribution >= 4 is 39.2 Å². The second-order valence-corrected chi connectivity index (χ2v) is 9.98. The van der Waals surface area contributed by atoms with Gasteiger partial charge < -0.3 is 4.74 Å². The van der Waals surface area contributed by atoms with Gasteiger partial charge in [-0.25, -0.2) is 13.8 Å². The Morgan fingerprint density at radius 1 is 0.912 bits per heavy atom. The highest BCUT2D eigenvalue weighted by Crippen LogP contribution is 2.23. The van der Waals surface area contributed by atoms with Crippen molar-refractivity contribution in [1.82, 2.24) is 5.43 Å². The molecule has 4 aromatic rings. The normalized spacial score (nSPS) is 11.3. The Morgan fingerprint density at radius 2 is 1.65 bits per heavy atom. The minimum atomic E-state index is -3.78. The molecule has 0 unspecified atom stereocenters. The molecule has 0 saturated heterocycles. The number of sulfonamides is 1. The third-order valence-electron chi connectivity index (χ3n) is 4.68. The Bertz CT molecular complexity index is 1370. The number of thiophene rings is 1. The van der Waals surface area contributed by atoms with Crippen LogP contribution in [0, 0.1) is 0 Å². The van der Waals surface area contributed by atoms with E-state index in [9.17, 15) is 13.2 Å². The molecule has 0 bridgehead atoms. The van der Waals surface area contributed by atoms with E-state index in [-0.39, 0.29) is 15.5 Å². The Morgan fingerprint density at radius 3 is 2.38 bits per heavy atom. The van der Waals surface area contributed by atoms with Crippen LogP contribution in [0.25, 0.3) is 0 Å². The van der Waals surface area contributed by atoms with Crippen LogP contribution in [-0.4, -0.2) is 20.5 Å². The lowest BCUT2D eigenvalue weighted by molar-refractivity contribution is 0.0956. The Kier molecular flexibility index (Phi) is 7.36. The fourth-order valence-corrected chi connectivity index (χ4v) is 5.07. The zero-order valence-electron chi connectivity index (χ0n) is 17.9. The molecule has 4 rings (SSSR count). The number of amides is 1. The summed E-state index contributed by atoms with van der Waals surface area (Å²) in [4.78, 5) is 12.6. The zero-order valence-corrected chi connectivity index (χ0v) is 19.6. The van der Waals surface area contributed by atoms with Crippen molar-refractivity contribution < 1.29 is 17.9 Å². The second kappa shape index (κ2) is 10.8. The molecule has 0 spiro atoms. The summed E-state index contributed by atoms with van der Waals surface area (Å²) in [6.07, 6.45) is 1.50. The van der Waals surface area contributed by atoms with Crippen molar-refractivity contribution in [3.63, 3.8) is 0 Å². The molecule has 2 N–H and O–H groups in total. The molecule has 172 valence electrons. The number of hydrogen-bond acceptors (Lipinski definition) is 6. The van der Waals surface area contributed by atoms with Gasteiger partial charge in [-0.1, -0.05) is 48.5 Å². The molecule has 0 aliphatic carbocycles. The number of nitrogens with zero attached hydrogens (tertiary/aromatic N) is 1. The summed E-state index contributed by atoms with van der Waals surface area (Å²) in [5, 5.41) is 5.66. The van der Waals surface area contributed by atoms with Crippen molar-refractivity contribution in [2.75, 3.05) is 4.72 Å². The number of benzene rings is 3. The molecule has 1 amide bonds. The first kappa shape index (κ1) is 23.2. The van der Waals surface area contributed by atoms with Crippen molar-refractivity contribution in [2.45, 2.75) is 10.8 Å². The van der Waals surface area contributed by atoms with Crippen LogP contribution in [-0.2, 0) is 16.6 Å². The third-order valence-corrected chi connectivity index (χ3v) is 7.45. The lowest BCUT2D eigenvalue weighted by atomic mass is 10.2. The first-order chi connectivity index (χ1) is 16.5. The summed E-state index contributed by atoms with van der Waals surface area (Å²) < 4.78 is 33.4. The number of hydrazone groups is 1. The fraction of sp³-hybridized carbons (Fsp3) is 0.0400. The molecule has 1 heterocycles. The molecule has 3 aromatic carbocycles. The molecule has 1 aromatic heterocycles. The molecule has 9 heteroatoms. The van der Waals surface area contributed by atoms with E-state index in [2.05, 4.69) is 15.2 Å². The van der Waals surface area contributed by atoms with E-state index in [1.807, 2.05) is 54.6 Å². The predicted octanol–water partition coefficient (Wildman–Crippen LogP) is 4.89. The highest BCUT2D eigenvalue weighted by atomic mass is 32.2. The lowest BCUT2D eigenvalue weighted by Gasteiger charge is -2.10. The van der Waals surface area contributed by atoms with Gasteiger partial charge in [0.15, 0.2) is 0 Å². The summed E-state index contributed by atoms with van der Waals surface area (Å²) in [7, 11) is -3.78. The van der Waals surface area contributed by atoms with E-state index in [1.165, 1.54) is 24.4 Å². The Hall–Kier alpha value is -3.95. The monoisotopic (exact) mass is 491 g/mol. The molecule has 0 aliphatic heterocycles. The zero-order chi connectivity index (χ0) is 23.8. The number of para-hydroxylation sites is 1. The topological polar surface area (TPSA) is 96.9 Å². The van der Waals surface area contributed by atoms with Crippen LogP contribution >= 0.6 is 11.3 Å². The van der Waals surface area contributed by atoms with E-state index in [4.69, 9.17) is 4.74 Å². The summed E-state index contributed by atoms with van der Waals surface area (Å²) in [6, 6.07) is 26.6.